The van der Waals surface area contributed by atoms with Crippen molar-refractivity contribution in [2.75, 3.05) is 0 Å². The van der Waals surface area contributed by atoms with Gasteiger partial charge in [0.2, 0.25) is 0 Å². The summed E-state index contributed by atoms with van der Waals surface area (Å²) in [6.45, 7) is 4.18. The average Bonchev–Trinajstić information content (AvgIpc) is 2.43. The maximum absolute atomic E-state index is 11.1. The predicted octanol–water partition coefficient (Wildman–Crippen LogP) is 1.91. The first-order chi connectivity index (χ1) is 6.61. The minimum Gasteiger partial charge on any atom is -0.481 e. The van der Waals surface area contributed by atoms with Crippen LogP contribution in [0.5, 0.6) is 0 Å². The van der Waals surface area contributed by atoms with Crippen LogP contribution < -0.4 is 0 Å². The van der Waals surface area contributed by atoms with Gasteiger partial charge in [0.1, 0.15) is 0 Å². The molecule has 0 radical (unpaired) electrons. The molecule has 3 heteroatoms. The fraction of sp³-hybridized carbons (Fsp3) is 0.909. The lowest BCUT2D eigenvalue weighted by Crippen LogP contribution is -2.36. The van der Waals surface area contributed by atoms with Crippen LogP contribution in [0, 0.1) is 17.8 Å². The minimum atomic E-state index is -0.635. The van der Waals surface area contributed by atoms with Crippen LogP contribution in [0.1, 0.15) is 33.1 Å². The summed E-state index contributed by atoms with van der Waals surface area (Å²) in [5.74, 6) is -0.171. The Balaban J connectivity index is 2.18. The van der Waals surface area contributed by atoms with Crippen molar-refractivity contribution in [1.29, 1.82) is 0 Å². The van der Waals surface area contributed by atoms with Crippen molar-refractivity contribution in [3.05, 3.63) is 0 Å². The van der Waals surface area contributed by atoms with E-state index in [-0.39, 0.29) is 24.0 Å². The summed E-state index contributed by atoms with van der Waals surface area (Å²) < 4.78 is 5.79. The van der Waals surface area contributed by atoms with Crippen LogP contribution in [-0.2, 0) is 9.53 Å². The number of hydrogen-bond acceptors (Lipinski definition) is 2. The van der Waals surface area contributed by atoms with Crippen LogP contribution in [0.3, 0.4) is 0 Å². The standard InChI is InChI=1S/C11H18O3/c1-6-7(2)14-9-5-3-4-8(10(6)9)11(12)13/h6-10H,3-5H2,1-2H3,(H,12,13). The fourth-order valence-corrected chi connectivity index (χ4v) is 3.05. The lowest BCUT2D eigenvalue weighted by Gasteiger charge is -2.31. The summed E-state index contributed by atoms with van der Waals surface area (Å²) in [7, 11) is 0. The van der Waals surface area contributed by atoms with Crippen molar-refractivity contribution >= 4 is 5.97 Å². The monoisotopic (exact) mass is 198 g/mol. The largest absolute Gasteiger partial charge is 0.481 e. The maximum atomic E-state index is 11.1. The molecule has 0 aromatic rings. The summed E-state index contributed by atoms with van der Waals surface area (Å²) in [6, 6.07) is 0. The van der Waals surface area contributed by atoms with Gasteiger partial charge in [-0.2, -0.15) is 0 Å². The number of rotatable bonds is 1. The van der Waals surface area contributed by atoms with E-state index in [0.29, 0.717) is 5.92 Å². The van der Waals surface area contributed by atoms with E-state index >= 15 is 0 Å². The third kappa shape index (κ3) is 1.44. The highest BCUT2D eigenvalue weighted by Gasteiger charge is 2.47. The Hall–Kier alpha value is -0.570. The number of carboxylic acid groups (broad SMARTS) is 1. The molecule has 5 unspecified atom stereocenters. The Morgan fingerprint density at radius 1 is 1.36 bits per heavy atom. The smallest absolute Gasteiger partial charge is 0.306 e. The molecule has 1 aliphatic carbocycles. The van der Waals surface area contributed by atoms with Crippen molar-refractivity contribution in [3.63, 3.8) is 0 Å². The number of carboxylic acids is 1. The van der Waals surface area contributed by atoms with E-state index < -0.39 is 5.97 Å². The van der Waals surface area contributed by atoms with E-state index in [4.69, 9.17) is 9.84 Å². The molecule has 5 atom stereocenters. The van der Waals surface area contributed by atoms with E-state index in [9.17, 15) is 4.79 Å². The summed E-state index contributed by atoms with van der Waals surface area (Å²) in [5, 5.41) is 9.13. The molecule has 1 N–H and O–H groups in total. The molecule has 2 fully saturated rings. The first-order valence-corrected chi connectivity index (χ1v) is 5.49. The molecular weight excluding hydrogens is 180 g/mol. The Morgan fingerprint density at radius 2 is 2.07 bits per heavy atom. The van der Waals surface area contributed by atoms with Crippen molar-refractivity contribution < 1.29 is 14.6 Å². The lowest BCUT2D eigenvalue weighted by molar-refractivity contribution is -0.146. The Kier molecular flexibility index (Phi) is 2.52. The summed E-state index contributed by atoms with van der Waals surface area (Å²) >= 11 is 0. The third-order valence-electron chi connectivity index (χ3n) is 3.95. The first-order valence-electron chi connectivity index (χ1n) is 5.49. The molecule has 2 aliphatic rings. The Bertz CT molecular complexity index is 239. The summed E-state index contributed by atoms with van der Waals surface area (Å²) in [6.07, 6.45) is 3.30. The van der Waals surface area contributed by atoms with Crippen molar-refractivity contribution in [1.82, 2.24) is 0 Å². The van der Waals surface area contributed by atoms with Crippen LogP contribution in [0.15, 0.2) is 0 Å². The second-order valence-corrected chi connectivity index (χ2v) is 4.69. The molecule has 1 saturated heterocycles. The van der Waals surface area contributed by atoms with E-state index in [1.165, 1.54) is 0 Å². The quantitative estimate of drug-likeness (QED) is 0.700. The molecule has 1 saturated carbocycles. The number of aliphatic carboxylic acids is 1. The zero-order chi connectivity index (χ0) is 10.3. The SMILES string of the molecule is CC1OC2CCCC(C(=O)O)C2C1C. The second-order valence-electron chi connectivity index (χ2n) is 4.69. The molecule has 2 rings (SSSR count). The van der Waals surface area contributed by atoms with Gasteiger partial charge in [0.25, 0.3) is 0 Å². The number of fused-ring (bicyclic) bond motifs is 1. The molecule has 3 nitrogen and oxygen atoms in total. The second kappa shape index (κ2) is 3.54. The van der Waals surface area contributed by atoms with Gasteiger partial charge in [-0.1, -0.05) is 6.92 Å². The fourth-order valence-electron chi connectivity index (χ4n) is 3.05. The van der Waals surface area contributed by atoms with Crippen LogP contribution in [0.2, 0.25) is 0 Å². The Labute approximate surface area is 84.4 Å². The van der Waals surface area contributed by atoms with Gasteiger partial charge in [-0.25, -0.2) is 0 Å². The van der Waals surface area contributed by atoms with Crippen molar-refractivity contribution in [2.45, 2.75) is 45.3 Å². The maximum Gasteiger partial charge on any atom is 0.306 e. The topological polar surface area (TPSA) is 46.5 Å². The third-order valence-corrected chi connectivity index (χ3v) is 3.95. The molecule has 1 aliphatic heterocycles. The average molecular weight is 198 g/mol. The predicted molar refractivity (Wildman–Crippen MR) is 52.0 cm³/mol. The molecule has 1 heterocycles. The normalized spacial score (nSPS) is 47.4. The Morgan fingerprint density at radius 3 is 2.71 bits per heavy atom. The highest BCUT2D eigenvalue weighted by atomic mass is 16.5. The van der Waals surface area contributed by atoms with Crippen LogP contribution in [0.4, 0.5) is 0 Å². The van der Waals surface area contributed by atoms with Crippen molar-refractivity contribution in [2.24, 2.45) is 17.8 Å². The number of carbonyl (C=O) groups is 1. The lowest BCUT2D eigenvalue weighted by atomic mass is 9.72. The molecule has 0 spiro atoms. The van der Waals surface area contributed by atoms with E-state index in [2.05, 4.69) is 13.8 Å². The zero-order valence-electron chi connectivity index (χ0n) is 8.77. The number of hydrogen-bond donors (Lipinski definition) is 1. The van der Waals surface area contributed by atoms with Gasteiger partial charge in [0.05, 0.1) is 18.1 Å². The van der Waals surface area contributed by atoms with Crippen LogP contribution in [0.25, 0.3) is 0 Å². The highest BCUT2D eigenvalue weighted by molar-refractivity contribution is 5.70. The van der Waals surface area contributed by atoms with Gasteiger partial charge in [-0.3, -0.25) is 4.79 Å². The van der Waals surface area contributed by atoms with E-state index in [1.807, 2.05) is 0 Å². The summed E-state index contributed by atoms with van der Waals surface area (Å²) in [4.78, 5) is 11.1. The number of ether oxygens (including phenoxy) is 1. The van der Waals surface area contributed by atoms with Gasteiger partial charge >= 0.3 is 5.97 Å². The van der Waals surface area contributed by atoms with Gasteiger partial charge in [0.15, 0.2) is 0 Å². The van der Waals surface area contributed by atoms with Gasteiger partial charge in [-0.15, -0.1) is 0 Å². The van der Waals surface area contributed by atoms with Gasteiger partial charge in [-0.05, 0) is 32.1 Å². The molecule has 0 aromatic heterocycles. The molecule has 0 amide bonds. The zero-order valence-corrected chi connectivity index (χ0v) is 8.77. The van der Waals surface area contributed by atoms with E-state index in [0.717, 1.165) is 19.3 Å². The molecule has 14 heavy (non-hydrogen) atoms. The van der Waals surface area contributed by atoms with Gasteiger partial charge in [0, 0.05) is 5.92 Å². The van der Waals surface area contributed by atoms with E-state index in [1.54, 1.807) is 0 Å². The van der Waals surface area contributed by atoms with Crippen LogP contribution in [-0.4, -0.2) is 23.3 Å². The van der Waals surface area contributed by atoms with Crippen LogP contribution >= 0.6 is 0 Å². The minimum absolute atomic E-state index is 0.173. The highest BCUT2D eigenvalue weighted by Crippen LogP contribution is 2.44. The van der Waals surface area contributed by atoms with Gasteiger partial charge < -0.3 is 9.84 Å². The van der Waals surface area contributed by atoms with Crippen molar-refractivity contribution in [3.8, 4) is 0 Å². The molecular formula is C11H18O3. The summed E-state index contributed by atoms with van der Waals surface area (Å²) in [5.41, 5.74) is 0. The molecule has 80 valence electrons. The molecule has 0 bridgehead atoms. The molecule has 0 aromatic carbocycles. The first kappa shape index (κ1) is 9.97.